The smallest absolute Gasteiger partial charge is 0.255 e. The molecule has 3 rings (SSSR count). The summed E-state index contributed by atoms with van der Waals surface area (Å²) in [6, 6.07) is 17.1. The first kappa shape index (κ1) is 16.3. The van der Waals surface area contributed by atoms with Crippen molar-refractivity contribution < 1.29 is 4.79 Å². The number of carbonyl (C=O) groups is 1. The second-order valence-corrected chi connectivity index (χ2v) is 6.07. The lowest BCUT2D eigenvalue weighted by Crippen LogP contribution is -2.27. The highest BCUT2D eigenvalue weighted by atomic mass is 35.5. The summed E-state index contributed by atoms with van der Waals surface area (Å²) in [4.78, 5) is 12.6. The van der Waals surface area contributed by atoms with E-state index in [0.29, 0.717) is 10.6 Å². The van der Waals surface area contributed by atoms with E-state index >= 15 is 0 Å². The average molecular weight is 340 g/mol. The molecule has 0 saturated heterocycles. The van der Waals surface area contributed by atoms with Crippen molar-refractivity contribution in [3.8, 4) is 5.69 Å². The Balaban J connectivity index is 1.80. The lowest BCUT2D eigenvalue weighted by Gasteiger charge is -2.14. The molecule has 0 fully saturated rings. The van der Waals surface area contributed by atoms with Gasteiger partial charge in [-0.1, -0.05) is 41.9 Å². The lowest BCUT2D eigenvalue weighted by molar-refractivity contribution is 0.0939. The zero-order valence-corrected chi connectivity index (χ0v) is 14.3. The van der Waals surface area contributed by atoms with Crippen molar-refractivity contribution in [2.75, 3.05) is 0 Å². The molecule has 0 spiro atoms. The molecule has 4 nitrogen and oxygen atoms in total. The molecule has 0 radical (unpaired) electrons. The van der Waals surface area contributed by atoms with Gasteiger partial charge in [0.1, 0.15) is 0 Å². The second-order valence-electron chi connectivity index (χ2n) is 5.64. The van der Waals surface area contributed by atoms with Gasteiger partial charge in [-0.25, -0.2) is 4.68 Å². The van der Waals surface area contributed by atoms with Crippen molar-refractivity contribution in [1.29, 1.82) is 0 Å². The number of hydrogen-bond acceptors (Lipinski definition) is 2. The summed E-state index contributed by atoms with van der Waals surface area (Å²) in [5, 5.41) is 8.01. The van der Waals surface area contributed by atoms with Crippen LogP contribution >= 0.6 is 11.6 Å². The second kappa shape index (κ2) is 6.89. The van der Waals surface area contributed by atoms with Crippen molar-refractivity contribution in [3.05, 3.63) is 82.6 Å². The molecule has 1 aromatic heterocycles. The molecular formula is C19H18ClN3O. The summed E-state index contributed by atoms with van der Waals surface area (Å²) in [6.45, 7) is 3.84. The molecular weight excluding hydrogens is 322 g/mol. The number of nitrogens with one attached hydrogen (secondary N) is 1. The van der Waals surface area contributed by atoms with Gasteiger partial charge in [0.05, 0.1) is 29.2 Å². The molecule has 0 aliphatic heterocycles. The zero-order chi connectivity index (χ0) is 17.1. The normalized spacial score (nSPS) is 12.0. The molecule has 1 atom stereocenters. The summed E-state index contributed by atoms with van der Waals surface area (Å²) >= 11 is 5.92. The maximum absolute atomic E-state index is 12.6. The Hall–Kier alpha value is -2.59. The van der Waals surface area contributed by atoms with E-state index in [-0.39, 0.29) is 11.9 Å². The van der Waals surface area contributed by atoms with Crippen LogP contribution in [0.1, 0.15) is 34.6 Å². The third kappa shape index (κ3) is 3.34. The highest BCUT2D eigenvalue weighted by Gasteiger charge is 2.17. The number of benzene rings is 2. The van der Waals surface area contributed by atoms with E-state index in [1.54, 1.807) is 23.0 Å². The van der Waals surface area contributed by atoms with E-state index < -0.39 is 0 Å². The van der Waals surface area contributed by atoms with E-state index in [2.05, 4.69) is 10.4 Å². The number of hydrogen-bond donors (Lipinski definition) is 1. The SMILES string of the molecule is Cc1c(C(=O)NC(C)c2ccccc2)cnn1-c1ccc(Cl)cc1. The van der Waals surface area contributed by atoms with Crippen LogP contribution in [0.3, 0.4) is 0 Å². The van der Waals surface area contributed by atoms with Crippen LogP contribution in [0.4, 0.5) is 0 Å². The quantitative estimate of drug-likeness (QED) is 0.769. The fourth-order valence-electron chi connectivity index (χ4n) is 2.57. The minimum atomic E-state index is -0.135. The van der Waals surface area contributed by atoms with Gasteiger partial charge in [-0.05, 0) is 43.7 Å². The summed E-state index contributed by atoms with van der Waals surface area (Å²) in [6.07, 6.45) is 1.59. The Labute approximate surface area is 146 Å². The summed E-state index contributed by atoms with van der Waals surface area (Å²) < 4.78 is 1.73. The van der Waals surface area contributed by atoms with Gasteiger partial charge in [0.15, 0.2) is 0 Å². The fourth-order valence-corrected chi connectivity index (χ4v) is 2.70. The fraction of sp³-hybridized carbons (Fsp3) is 0.158. The highest BCUT2D eigenvalue weighted by Crippen LogP contribution is 2.18. The van der Waals surface area contributed by atoms with E-state index in [9.17, 15) is 4.79 Å². The standard InChI is InChI=1S/C19H18ClN3O/c1-13(15-6-4-3-5-7-15)22-19(24)18-12-21-23(14(18)2)17-10-8-16(20)9-11-17/h3-13H,1-2H3,(H,22,24). The van der Waals surface area contributed by atoms with Crippen LogP contribution < -0.4 is 5.32 Å². The van der Waals surface area contributed by atoms with Crippen LogP contribution in [-0.4, -0.2) is 15.7 Å². The van der Waals surface area contributed by atoms with Gasteiger partial charge in [-0.15, -0.1) is 0 Å². The number of amides is 1. The van der Waals surface area contributed by atoms with Gasteiger partial charge in [0.25, 0.3) is 5.91 Å². The number of halogens is 1. The third-order valence-corrected chi connectivity index (χ3v) is 4.22. The van der Waals surface area contributed by atoms with Crippen LogP contribution in [0.25, 0.3) is 5.69 Å². The van der Waals surface area contributed by atoms with Gasteiger partial charge >= 0.3 is 0 Å². The van der Waals surface area contributed by atoms with Crippen LogP contribution in [0, 0.1) is 6.92 Å². The van der Waals surface area contributed by atoms with Crippen LogP contribution in [-0.2, 0) is 0 Å². The van der Waals surface area contributed by atoms with E-state index in [1.165, 1.54) is 0 Å². The minimum Gasteiger partial charge on any atom is -0.345 e. The molecule has 24 heavy (non-hydrogen) atoms. The van der Waals surface area contributed by atoms with Gasteiger partial charge in [0, 0.05) is 5.02 Å². The Kier molecular flexibility index (Phi) is 4.67. The van der Waals surface area contributed by atoms with Crippen molar-refractivity contribution in [3.63, 3.8) is 0 Å². The molecule has 1 amide bonds. The summed E-state index contributed by atoms with van der Waals surface area (Å²) in [7, 11) is 0. The first-order valence-corrected chi connectivity index (χ1v) is 8.10. The highest BCUT2D eigenvalue weighted by molar-refractivity contribution is 6.30. The Morgan fingerprint density at radius 3 is 2.46 bits per heavy atom. The van der Waals surface area contributed by atoms with Crippen molar-refractivity contribution in [2.24, 2.45) is 0 Å². The van der Waals surface area contributed by atoms with Crippen molar-refractivity contribution in [1.82, 2.24) is 15.1 Å². The number of aromatic nitrogens is 2. The van der Waals surface area contributed by atoms with Gasteiger partial charge in [-0.2, -0.15) is 5.10 Å². The topological polar surface area (TPSA) is 46.9 Å². The maximum Gasteiger partial charge on any atom is 0.255 e. The third-order valence-electron chi connectivity index (χ3n) is 3.97. The Bertz CT molecular complexity index is 841. The predicted octanol–water partition coefficient (Wildman–Crippen LogP) is 4.33. The molecule has 3 aromatic rings. The predicted molar refractivity (Wildman–Crippen MR) is 95.6 cm³/mol. The van der Waals surface area contributed by atoms with Crippen LogP contribution in [0.2, 0.25) is 5.02 Å². The Morgan fingerprint density at radius 1 is 1.12 bits per heavy atom. The molecule has 1 N–H and O–H groups in total. The number of nitrogens with zero attached hydrogens (tertiary/aromatic N) is 2. The van der Waals surface area contributed by atoms with Crippen LogP contribution in [0.15, 0.2) is 60.8 Å². The largest absolute Gasteiger partial charge is 0.345 e. The van der Waals surface area contributed by atoms with E-state index in [1.807, 2.05) is 56.3 Å². The molecule has 2 aromatic carbocycles. The van der Waals surface area contributed by atoms with Crippen molar-refractivity contribution >= 4 is 17.5 Å². The van der Waals surface area contributed by atoms with Crippen LogP contribution in [0.5, 0.6) is 0 Å². The monoisotopic (exact) mass is 339 g/mol. The molecule has 122 valence electrons. The average Bonchev–Trinajstić information content (AvgIpc) is 2.98. The molecule has 5 heteroatoms. The molecule has 0 saturated carbocycles. The van der Waals surface area contributed by atoms with E-state index in [4.69, 9.17) is 11.6 Å². The Morgan fingerprint density at radius 2 is 1.79 bits per heavy atom. The summed E-state index contributed by atoms with van der Waals surface area (Å²) in [5.41, 5.74) is 3.28. The first-order valence-electron chi connectivity index (χ1n) is 7.72. The van der Waals surface area contributed by atoms with Gasteiger partial charge < -0.3 is 5.32 Å². The lowest BCUT2D eigenvalue weighted by atomic mass is 10.1. The van der Waals surface area contributed by atoms with Crippen molar-refractivity contribution in [2.45, 2.75) is 19.9 Å². The minimum absolute atomic E-state index is 0.0722. The maximum atomic E-state index is 12.6. The molecule has 1 heterocycles. The molecule has 0 bridgehead atoms. The zero-order valence-electron chi connectivity index (χ0n) is 13.5. The molecule has 1 unspecified atom stereocenters. The van der Waals surface area contributed by atoms with Gasteiger partial charge in [0.2, 0.25) is 0 Å². The van der Waals surface area contributed by atoms with E-state index in [0.717, 1.165) is 16.9 Å². The van der Waals surface area contributed by atoms with Gasteiger partial charge in [-0.3, -0.25) is 4.79 Å². The number of rotatable bonds is 4. The molecule has 0 aliphatic carbocycles. The summed E-state index contributed by atoms with van der Waals surface area (Å²) in [5.74, 6) is -0.135. The first-order chi connectivity index (χ1) is 11.6. The number of carbonyl (C=O) groups excluding carboxylic acids is 1. The molecule has 0 aliphatic rings.